The van der Waals surface area contributed by atoms with E-state index >= 15 is 0 Å². The minimum absolute atomic E-state index is 0.407. The number of nitrogens with one attached hydrogen (secondary N) is 5. The minimum Gasteiger partial charge on any atom is -0.451 e. The van der Waals surface area contributed by atoms with Crippen LogP contribution < -0.4 is 0 Å². The second-order valence-electron chi connectivity index (χ2n) is 23.1. The molecule has 0 saturated carbocycles. The van der Waals surface area contributed by atoms with Gasteiger partial charge >= 0.3 is 0 Å². The lowest BCUT2D eigenvalue weighted by Crippen LogP contribution is -1.87. The molecule has 0 atom stereocenters. The standard InChI is InChI=1S/5C6H10N2.3C6H9NO.3C6H9NS.11C2H6/c2*1-5(2)6-3-7-4-8-6;1-5(2)6-3-7-8-4-6;1-5(2)6-7-3-4-8-6;1-5(2)6-3-4-7-8-6;1-5(2)6-3-8-4-7-6;1-5(2)6-3-7-4-8-6;1-5(2)6-7-3-4-8-6;1-5(2)6-3-8-4-7-6;1-5(2)6-3-7-4-8-6;1-5(2)6-7-3-4-8-6;11*1-2/h5*3-5H,1-2H3,(H,7,8);6*3-5H,1-2H3;11*1-2H3. The Kier molecular flexibility index (Phi) is 112. The van der Waals surface area contributed by atoms with Gasteiger partial charge in [-0.2, -0.15) is 10.2 Å². The van der Waals surface area contributed by atoms with Gasteiger partial charge in [0.15, 0.2) is 18.7 Å². The van der Waals surface area contributed by atoms with E-state index in [2.05, 4.69) is 224 Å². The molecule has 0 radical (unpaired) electrons. The molecule has 5 N–H and O–H groups in total. The molecule has 11 aromatic rings. The van der Waals surface area contributed by atoms with E-state index in [1.165, 1.54) is 51.0 Å². The van der Waals surface area contributed by atoms with Crippen molar-refractivity contribution in [1.82, 2.24) is 80.2 Å². The smallest absolute Gasteiger partial charge is 0.196 e. The molecular weight excluding hydrogens is 1430 g/mol. The van der Waals surface area contributed by atoms with Crippen molar-refractivity contribution in [2.24, 2.45) is 0 Å². The van der Waals surface area contributed by atoms with Gasteiger partial charge in [-0.05, 0) is 53.1 Å². The number of thiazole rings is 3. The Hall–Kier alpha value is -7.43. The maximum atomic E-state index is 4.98. The second kappa shape index (κ2) is 97.6. The summed E-state index contributed by atoms with van der Waals surface area (Å²) in [5.74, 6) is 8.79. The number of aromatic amines is 5. The predicted molar refractivity (Wildman–Crippen MR) is 489 cm³/mol. The molecule has 0 fully saturated rings. The van der Waals surface area contributed by atoms with Crippen molar-refractivity contribution in [2.45, 2.75) is 370 Å². The van der Waals surface area contributed by atoms with Crippen molar-refractivity contribution in [1.29, 1.82) is 0 Å². The van der Waals surface area contributed by atoms with Gasteiger partial charge in [-0.3, -0.25) is 15.2 Å². The first kappa shape index (κ1) is 126. The fourth-order valence-electron chi connectivity index (χ4n) is 6.00. The number of aromatic nitrogens is 16. The number of nitrogens with zero attached hydrogens (tertiary/aromatic N) is 11. The SMILES string of the molecule is CC.CC.CC.CC.CC.CC.CC.CC.CC.CC.CC.CC(C)c1ccn[nH]1.CC(C)c1cn[nH]c1.CC(C)c1cnc[nH]1.CC(C)c1cnc[nH]1.CC(C)c1cnco1.CC(C)c1cncs1.CC(C)c1cocn1.CC(C)c1cscn1.CC(C)c1ncc[nH]1.CC(C)c1ncco1.CC(C)c1nccs1. The second-order valence-corrected chi connectivity index (χ2v) is 25.7. The van der Waals surface area contributed by atoms with Crippen molar-refractivity contribution in [2.75, 3.05) is 0 Å². The van der Waals surface area contributed by atoms with Crippen LogP contribution in [-0.4, -0.2) is 80.2 Å². The first-order valence-electron chi connectivity index (χ1n) is 41.1. The highest BCUT2D eigenvalue weighted by molar-refractivity contribution is 7.09. The zero-order valence-corrected chi connectivity index (χ0v) is 80.9. The lowest BCUT2D eigenvalue weighted by atomic mass is 10.1. The van der Waals surface area contributed by atoms with Crippen molar-refractivity contribution in [3.63, 3.8) is 0 Å². The lowest BCUT2D eigenvalue weighted by Gasteiger charge is -1.95. The van der Waals surface area contributed by atoms with Gasteiger partial charge in [0.2, 0.25) is 0 Å². The van der Waals surface area contributed by atoms with Crippen LogP contribution in [0.3, 0.4) is 0 Å². The predicted octanol–water partition coefficient (Wildman–Crippen LogP) is 31.1. The summed E-state index contributed by atoms with van der Waals surface area (Å²) >= 11 is 5.10. The van der Waals surface area contributed by atoms with Gasteiger partial charge in [-0.25, -0.2) is 39.9 Å². The topological polar surface area (TPSA) is 260 Å². The molecule has 0 unspecified atom stereocenters. The van der Waals surface area contributed by atoms with Crippen molar-refractivity contribution in [3.8, 4) is 0 Å². The summed E-state index contributed by atoms with van der Waals surface area (Å²) in [6.45, 7) is 90.6. The maximum absolute atomic E-state index is 4.98. The largest absolute Gasteiger partial charge is 0.451 e. The molecule has 0 amide bonds. The third-order valence-corrected chi connectivity index (χ3v) is 14.5. The van der Waals surface area contributed by atoms with Crippen LogP contribution in [0.4, 0.5) is 0 Å². The van der Waals surface area contributed by atoms with E-state index in [0.29, 0.717) is 65.1 Å². The van der Waals surface area contributed by atoms with Gasteiger partial charge < -0.3 is 28.2 Å². The summed E-state index contributed by atoms with van der Waals surface area (Å²) < 4.78 is 14.7. The summed E-state index contributed by atoms with van der Waals surface area (Å²) in [6.07, 6.45) is 29.6. The van der Waals surface area contributed by atoms with Gasteiger partial charge in [0.1, 0.15) is 24.1 Å². The van der Waals surface area contributed by atoms with Crippen LogP contribution in [0.5, 0.6) is 0 Å². The highest BCUT2D eigenvalue weighted by Crippen LogP contribution is 2.19. The first-order valence-corrected chi connectivity index (χ1v) is 43.8. The summed E-state index contributed by atoms with van der Waals surface area (Å²) in [6, 6.07) is 1.99. The summed E-state index contributed by atoms with van der Waals surface area (Å²) in [5, 5.41) is 18.6. The monoisotopic (exact) mass is 1600 g/mol. The van der Waals surface area contributed by atoms with Crippen molar-refractivity contribution >= 4 is 34.0 Å². The van der Waals surface area contributed by atoms with Crippen LogP contribution in [0.1, 0.15) is 431 Å². The molecule has 638 valence electrons. The fourth-order valence-corrected chi connectivity index (χ4v) is 8.01. The number of hydrogen-bond acceptors (Lipinski definition) is 17. The van der Waals surface area contributed by atoms with Crippen LogP contribution in [0, 0.1) is 0 Å². The van der Waals surface area contributed by atoms with Gasteiger partial charge in [-0.15, -0.1) is 34.0 Å². The van der Waals surface area contributed by atoms with Gasteiger partial charge in [-0.1, -0.05) is 305 Å². The Morgan fingerprint density at radius 1 is 0.373 bits per heavy atom. The Balaban J connectivity index is -0.000000106. The summed E-state index contributed by atoms with van der Waals surface area (Å²) in [5.41, 5.74) is 10.8. The van der Waals surface area contributed by atoms with E-state index in [1.807, 2.05) is 232 Å². The Labute approximate surface area is 688 Å². The van der Waals surface area contributed by atoms with E-state index in [1.54, 1.807) is 84.0 Å². The molecule has 11 aromatic heterocycles. The Morgan fingerprint density at radius 3 is 1.08 bits per heavy atom. The molecule has 19 nitrogen and oxygen atoms in total. The van der Waals surface area contributed by atoms with Gasteiger partial charge in [0.05, 0.1) is 58.7 Å². The van der Waals surface area contributed by atoms with Gasteiger partial charge in [0, 0.05) is 106 Å². The van der Waals surface area contributed by atoms with Crippen LogP contribution in [0.15, 0.2) is 147 Å². The van der Waals surface area contributed by atoms with E-state index in [0.717, 1.165) is 23.2 Å². The number of imidazole rings is 3. The zero-order chi connectivity index (χ0) is 87.8. The Bertz CT molecular complexity index is 2320. The van der Waals surface area contributed by atoms with E-state index in [9.17, 15) is 0 Å². The highest BCUT2D eigenvalue weighted by Gasteiger charge is 2.04. The first-order chi connectivity index (χ1) is 52.8. The van der Waals surface area contributed by atoms with Crippen molar-refractivity contribution < 1.29 is 13.3 Å². The average molecular weight is 1600 g/mol. The van der Waals surface area contributed by atoms with Gasteiger partial charge in [0.25, 0.3) is 0 Å². The lowest BCUT2D eigenvalue weighted by molar-refractivity contribution is 0.471. The number of oxazole rings is 3. The van der Waals surface area contributed by atoms with Crippen LogP contribution in [-0.2, 0) is 0 Å². The van der Waals surface area contributed by atoms with E-state index < -0.39 is 0 Å². The number of rotatable bonds is 11. The molecule has 0 saturated heterocycles. The quantitative estimate of drug-likeness (QED) is 0.0807. The number of hydrogen-bond donors (Lipinski definition) is 5. The zero-order valence-electron chi connectivity index (χ0n) is 78.4. The summed E-state index contributed by atoms with van der Waals surface area (Å²) in [4.78, 5) is 46.2. The molecule has 0 spiro atoms. The van der Waals surface area contributed by atoms with E-state index in [-0.39, 0.29) is 0 Å². The third kappa shape index (κ3) is 77.3. The maximum Gasteiger partial charge on any atom is 0.196 e. The molecule has 22 heteroatoms. The highest BCUT2D eigenvalue weighted by atomic mass is 32.1. The normalized spacial score (nSPS) is 8.90. The molecule has 0 aliphatic heterocycles. The van der Waals surface area contributed by atoms with Crippen LogP contribution >= 0.6 is 34.0 Å². The number of H-pyrrole nitrogens is 5. The molecule has 0 bridgehead atoms. The molecule has 0 aliphatic rings. The summed E-state index contributed by atoms with van der Waals surface area (Å²) in [7, 11) is 0. The van der Waals surface area contributed by atoms with Crippen LogP contribution in [0.25, 0.3) is 0 Å². The average Bonchev–Trinajstić information content (AvgIpc) is 2.08. The Morgan fingerprint density at radius 2 is 0.900 bits per heavy atom. The fraction of sp³-hybridized carbons (Fsp3) is 0.625. The van der Waals surface area contributed by atoms with E-state index in [4.69, 9.17) is 13.3 Å². The minimum atomic E-state index is 0.407. The molecular formula is C88H170N16O3S3. The van der Waals surface area contributed by atoms with Crippen molar-refractivity contribution in [3.05, 3.63) is 195 Å². The molecule has 0 aliphatic carbocycles. The molecule has 11 heterocycles. The molecule has 0 aromatic carbocycles. The molecule has 11 rings (SSSR count). The molecule has 110 heavy (non-hydrogen) atoms. The third-order valence-electron chi connectivity index (χ3n) is 11.7. The van der Waals surface area contributed by atoms with Crippen LogP contribution in [0.2, 0.25) is 0 Å².